The summed E-state index contributed by atoms with van der Waals surface area (Å²) in [7, 11) is 3.16. The Morgan fingerprint density at radius 2 is 1.40 bits per heavy atom. The summed E-state index contributed by atoms with van der Waals surface area (Å²) in [5, 5.41) is 27.4. The number of hydrogen-bond donors (Lipinski definition) is 2. The molecule has 0 radical (unpaired) electrons. The van der Waals surface area contributed by atoms with Crippen molar-refractivity contribution < 1.29 is 19.1 Å². The third-order valence-electron chi connectivity index (χ3n) is 9.64. The topological polar surface area (TPSA) is 150 Å². The average Bonchev–Trinajstić information content (AvgIpc) is 3.77. The molecule has 1 saturated heterocycles. The van der Waals surface area contributed by atoms with E-state index >= 15 is 0 Å². The van der Waals surface area contributed by atoms with Gasteiger partial charge < -0.3 is 20.1 Å². The van der Waals surface area contributed by atoms with Crippen LogP contribution in [0, 0.1) is 28.6 Å². The second-order valence-electron chi connectivity index (χ2n) is 12.9. The van der Waals surface area contributed by atoms with Gasteiger partial charge in [-0.1, -0.05) is 48.5 Å². The number of aromatic nitrogens is 2. The van der Waals surface area contributed by atoms with Crippen LogP contribution in [0.1, 0.15) is 67.2 Å². The quantitative estimate of drug-likeness (QED) is 0.167. The molecule has 0 spiro atoms. The molecule has 1 saturated carbocycles. The number of aryl methyl sites for hydroxylation is 1. The number of methoxy groups -OCH3 is 2. The summed E-state index contributed by atoms with van der Waals surface area (Å²) >= 11 is 0. The van der Waals surface area contributed by atoms with E-state index in [9.17, 15) is 20.1 Å². The highest BCUT2D eigenvalue weighted by atomic mass is 16.5. The number of amides is 1. The third-order valence-corrected chi connectivity index (χ3v) is 9.64. The van der Waals surface area contributed by atoms with Crippen LogP contribution in [0.5, 0.6) is 11.8 Å². The van der Waals surface area contributed by atoms with Crippen molar-refractivity contribution in [2.75, 3.05) is 20.8 Å². The molecule has 1 aliphatic heterocycles. The molecular formula is C40H40N6O4. The molecule has 0 unspecified atom stereocenters. The Kier molecular flexibility index (Phi) is 10.8. The van der Waals surface area contributed by atoms with Gasteiger partial charge in [0.2, 0.25) is 17.7 Å². The number of nitrogens with zero attached hydrogens (tertiary/aromatic N) is 4. The number of nitriles is 2. The number of ketones is 1. The molecule has 254 valence electrons. The molecule has 2 fully saturated rings. The Labute approximate surface area is 292 Å². The number of Topliss-reactive ketones (excluding diaryl/α,β-unsaturated/α-hetero) is 1. The van der Waals surface area contributed by atoms with Crippen molar-refractivity contribution in [2.24, 2.45) is 5.92 Å². The molecular weight excluding hydrogens is 628 g/mol. The van der Waals surface area contributed by atoms with Crippen molar-refractivity contribution in [3.8, 4) is 57.5 Å². The highest BCUT2D eigenvalue weighted by Gasteiger charge is 2.23. The molecule has 2 aromatic heterocycles. The van der Waals surface area contributed by atoms with Crippen LogP contribution in [0.15, 0.2) is 60.7 Å². The zero-order valence-electron chi connectivity index (χ0n) is 28.4. The first-order chi connectivity index (χ1) is 24.4. The minimum absolute atomic E-state index is 0.119. The third kappa shape index (κ3) is 7.51. The van der Waals surface area contributed by atoms with Gasteiger partial charge in [0.1, 0.15) is 17.9 Å². The summed E-state index contributed by atoms with van der Waals surface area (Å²) in [5.41, 5.74) is 6.31. The van der Waals surface area contributed by atoms with Crippen molar-refractivity contribution in [3.63, 3.8) is 0 Å². The normalized spacial score (nSPS) is 16.9. The highest BCUT2D eigenvalue weighted by Crippen LogP contribution is 2.37. The van der Waals surface area contributed by atoms with Crippen molar-refractivity contribution in [3.05, 3.63) is 82.9 Å². The van der Waals surface area contributed by atoms with E-state index in [4.69, 9.17) is 19.4 Å². The van der Waals surface area contributed by atoms with Crippen LogP contribution in [0.25, 0.3) is 33.6 Å². The van der Waals surface area contributed by atoms with E-state index in [1.165, 1.54) is 0 Å². The first-order valence-electron chi connectivity index (χ1n) is 17.1. The molecule has 10 heteroatoms. The molecule has 0 bridgehead atoms. The summed E-state index contributed by atoms with van der Waals surface area (Å²) in [6, 6.07) is 23.8. The van der Waals surface area contributed by atoms with E-state index in [1.807, 2.05) is 60.7 Å². The van der Waals surface area contributed by atoms with Crippen LogP contribution < -0.4 is 20.1 Å². The number of rotatable bonds is 13. The maximum Gasteiger partial charge on any atom is 0.220 e. The predicted octanol–water partition coefficient (Wildman–Crippen LogP) is 6.30. The molecule has 3 heterocycles. The smallest absolute Gasteiger partial charge is 0.220 e. The van der Waals surface area contributed by atoms with Gasteiger partial charge in [-0.3, -0.25) is 9.59 Å². The summed E-state index contributed by atoms with van der Waals surface area (Å²) in [6.07, 6.45) is 6.22. The van der Waals surface area contributed by atoms with Gasteiger partial charge in [0, 0.05) is 65.2 Å². The van der Waals surface area contributed by atoms with Crippen LogP contribution in [0.2, 0.25) is 0 Å². The molecule has 4 aromatic rings. The number of pyridine rings is 2. The van der Waals surface area contributed by atoms with Gasteiger partial charge >= 0.3 is 0 Å². The summed E-state index contributed by atoms with van der Waals surface area (Å²) < 4.78 is 11.3. The minimum Gasteiger partial charge on any atom is -0.481 e. The minimum atomic E-state index is 0.119. The molecule has 2 N–H and O–H groups in total. The first kappa shape index (κ1) is 34.3. The Hall–Kier alpha value is -5.58. The maximum atomic E-state index is 11.6. The Balaban J connectivity index is 1.26. The van der Waals surface area contributed by atoms with E-state index in [1.54, 1.807) is 14.2 Å². The fraction of sp³-hybridized carbons (Fsp3) is 0.350. The maximum absolute atomic E-state index is 11.6. The second-order valence-corrected chi connectivity index (χ2v) is 12.9. The SMILES string of the molecule is COc1nc(-c2cccc(-c3cccc(-c4ccc(CNC[C@@H]5CCC(=O)C5)c(OC)n4)c3C#N)c2C#N)ccc1CCC[C@@H]1CCC(=O)N1. The van der Waals surface area contributed by atoms with E-state index in [2.05, 4.69) is 22.8 Å². The van der Waals surface area contributed by atoms with Gasteiger partial charge in [-0.05, 0) is 56.7 Å². The largest absolute Gasteiger partial charge is 0.481 e. The Morgan fingerprint density at radius 1 is 0.800 bits per heavy atom. The van der Waals surface area contributed by atoms with Crippen LogP contribution >= 0.6 is 0 Å². The predicted molar refractivity (Wildman–Crippen MR) is 189 cm³/mol. The first-order valence-corrected chi connectivity index (χ1v) is 17.1. The van der Waals surface area contributed by atoms with Crippen molar-refractivity contribution in [1.82, 2.24) is 20.6 Å². The van der Waals surface area contributed by atoms with Gasteiger partial charge in [-0.2, -0.15) is 10.5 Å². The molecule has 2 aromatic carbocycles. The number of nitrogens with one attached hydrogen (secondary N) is 2. The van der Waals surface area contributed by atoms with Crippen molar-refractivity contribution in [2.45, 2.75) is 64.0 Å². The molecule has 50 heavy (non-hydrogen) atoms. The van der Waals surface area contributed by atoms with Gasteiger partial charge in [0.05, 0.1) is 36.7 Å². The van der Waals surface area contributed by atoms with Gasteiger partial charge in [0.15, 0.2) is 0 Å². The molecule has 2 aliphatic rings. The van der Waals surface area contributed by atoms with E-state index in [0.717, 1.165) is 49.8 Å². The summed E-state index contributed by atoms with van der Waals surface area (Å²) in [4.78, 5) is 32.8. The van der Waals surface area contributed by atoms with Crippen LogP contribution in [-0.2, 0) is 22.6 Å². The molecule has 10 nitrogen and oxygen atoms in total. The lowest BCUT2D eigenvalue weighted by atomic mass is 9.89. The van der Waals surface area contributed by atoms with Gasteiger partial charge in [-0.15, -0.1) is 0 Å². The number of carbonyl (C=O) groups is 2. The molecule has 6 rings (SSSR count). The molecule has 2 atom stereocenters. The molecule has 1 aliphatic carbocycles. The average molecular weight is 669 g/mol. The van der Waals surface area contributed by atoms with E-state index in [-0.39, 0.29) is 11.9 Å². The zero-order valence-corrected chi connectivity index (χ0v) is 28.4. The Bertz CT molecular complexity index is 1850. The fourth-order valence-electron chi connectivity index (χ4n) is 7.05. The summed E-state index contributed by atoms with van der Waals surface area (Å²) in [5.74, 6) is 1.77. The lowest BCUT2D eigenvalue weighted by Crippen LogP contribution is -2.25. The van der Waals surface area contributed by atoms with Gasteiger partial charge in [0.25, 0.3) is 0 Å². The number of carbonyl (C=O) groups excluding carboxylic acids is 2. The monoisotopic (exact) mass is 668 g/mol. The van der Waals surface area contributed by atoms with E-state index in [0.29, 0.717) is 94.0 Å². The molecule has 1 amide bonds. The highest BCUT2D eigenvalue weighted by molar-refractivity contribution is 5.87. The van der Waals surface area contributed by atoms with Gasteiger partial charge in [-0.25, -0.2) is 9.97 Å². The van der Waals surface area contributed by atoms with Crippen molar-refractivity contribution in [1.29, 1.82) is 10.5 Å². The number of hydrogen-bond acceptors (Lipinski definition) is 9. The fourth-order valence-corrected chi connectivity index (χ4v) is 7.05. The van der Waals surface area contributed by atoms with Crippen LogP contribution in [-0.4, -0.2) is 48.5 Å². The zero-order chi connectivity index (χ0) is 35.0. The summed E-state index contributed by atoms with van der Waals surface area (Å²) in [6.45, 7) is 1.30. The Morgan fingerprint density at radius 3 is 1.94 bits per heavy atom. The lowest BCUT2D eigenvalue weighted by molar-refractivity contribution is -0.119. The second kappa shape index (κ2) is 15.8. The number of ether oxygens (including phenoxy) is 2. The lowest BCUT2D eigenvalue weighted by Gasteiger charge is -2.16. The van der Waals surface area contributed by atoms with E-state index < -0.39 is 0 Å². The van der Waals surface area contributed by atoms with Crippen LogP contribution in [0.3, 0.4) is 0 Å². The standard InChI is InChI=1S/C40H40N6O4/c1-49-39-26(6-3-7-28-15-19-38(48)44-28)13-17-36(45-39)32-10-4-8-30(34(32)21-41)31-9-5-11-33(35(31)22-42)37-18-14-27(40(46-37)50-2)24-43-23-25-12-16-29(47)20-25/h4-5,8-11,13-14,17-18,25,28,43H,3,6-7,12,15-16,19-20,23-24H2,1-2H3,(H,44,48)/t25-,28-/m1/s1. The number of benzene rings is 2. The van der Waals surface area contributed by atoms with Crippen molar-refractivity contribution >= 4 is 11.7 Å². The van der Waals surface area contributed by atoms with Crippen LogP contribution in [0.4, 0.5) is 0 Å².